The molecule has 96 valence electrons. The maximum Gasteiger partial charge on any atom is 0.127 e. The van der Waals surface area contributed by atoms with Gasteiger partial charge in [0.2, 0.25) is 0 Å². The molecule has 17 heavy (non-hydrogen) atoms. The summed E-state index contributed by atoms with van der Waals surface area (Å²) in [5.74, 6) is 0.438. The standard InChI is InChI=1S/C14H23FN2/c1-4-17(9-11(2)3)10-12-5-6-14(15)13(7-12)8-16/h5-7,11H,4,8-10,16H2,1-3H3. The van der Waals surface area contributed by atoms with Crippen LogP contribution in [-0.4, -0.2) is 18.0 Å². The van der Waals surface area contributed by atoms with Crippen molar-refractivity contribution in [1.82, 2.24) is 4.90 Å². The van der Waals surface area contributed by atoms with E-state index >= 15 is 0 Å². The van der Waals surface area contributed by atoms with E-state index in [2.05, 4.69) is 25.7 Å². The van der Waals surface area contributed by atoms with Crippen molar-refractivity contribution in [3.8, 4) is 0 Å². The van der Waals surface area contributed by atoms with Gasteiger partial charge >= 0.3 is 0 Å². The molecule has 0 aliphatic heterocycles. The minimum absolute atomic E-state index is 0.205. The van der Waals surface area contributed by atoms with Crippen molar-refractivity contribution in [1.29, 1.82) is 0 Å². The quantitative estimate of drug-likeness (QED) is 0.825. The van der Waals surface area contributed by atoms with Crippen LogP contribution in [0.2, 0.25) is 0 Å². The van der Waals surface area contributed by atoms with E-state index in [0.29, 0.717) is 11.5 Å². The van der Waals surface area contributed by atoms with Crippen LogP contribution in [0.25, 0.3) is 0 Å². The van der Waals surface area contributed by atoms with Crippen molar-refractivity contribution in [2.24, 2.45) is 11.7 Å². The first-order valence-electron chi connectivity index (χ1n) is 6.26. The Morgan fingerprint density at radius 2 is 2.06 bits per heavy atom. The molecule has 0 saturated carbocycles. The van der Waals surface area contributed by atoms with Crippen molar-refractivity contribution in [3.63, 3.8) is 0 Å². The molecule has 1 aromatic carbocycles. The maximum atomic E-state index is 13.3. The lowest BCUT2D eigenvalue weighted by atomic mass is 10.1. The van der Waals surface area contributed by atoms with Gasteiger partial charge in [-0.1, -0.05) is 32.9 Å². The van der Waals surface area contributed by atoms with Crippen LogP contribution in [0.4, 0.5) is 4.39 Å². The van der Waals surface area contributed by atoms with E-state index in [1.807, 2.05) is 12.1 Å². The van der Waals surface area contributed by atoms with Crippen LogP contribution in [0.3, 0.4) is 0 Å². The molecule has 1 aromatic rings. The van der Waals surface area contributed by atoms with Gasteiger partial charge in [0, 0.05) is 25.2 Å². The summed E-state index contributed by atoms with van der Waals surface area (Å²) in [6, 6.07) is 5.23. The van der Waals surface area contributed by atoms with Crippen molar-refractivity contribution in [2.75, 3.05) is 13.1 Å². The second-order valence-electron chi connectivity index (χ2n) is 4.85. The summed E-state index contributed by atoms with van der Waals surface area (Å²) < 4.78 is 13.3. The highest BCUT2D eigenvalue weighted by molar-refractivity contribution is 5.25. The molecule has 2 N–H and O–H groups in total. The molecular weight excluding hydrogens is 215 g/mol. The van der Waals surface area contributed by atoms with E-state index in [9.17, 15) is 4.39 Å². The Labute approximate surface area is 104 Å². The lowest BCUT2D eigenvalue weighted by molar-refractivity contribution is 0.248. The van der Waals surface area contributed by atoms with Gasteiger partial charge in [-0.05, 0) is 24.1 Å². The first kappa shape index (κ1) is 14.1. The molecular formula is C14H23FN2. The molecule has 0 heterocycles. The lowest BCUT2D eigenvalue weighted by Gasteiger charge is -2.22. The topological polar surface area (TPSA) is 29.3 Å². The Morgan fingerprint density at radius 3 is 2.59 bits per heavy atom. The van der Waals surface area contributed by atoms with Gasteiger partial charge in [0.25, 0.3) is 0 Å². The predicted octanol–water partition coefficient (Wildman–Crippen LogP) is 2.76. The molecule has 0 saturated heterocycles. The van der Waals surface area contributed by atoms with Crippen molar-refractivity contribution in [3.05, 3.63) is 35.1 Å². The van der Waals surface area contributed by atoms with E-state index < -0.39 is 0 Å². The first-order chi connectivity index (χ1) is 8.06. The molecule has 0 aliphatic carbocycles. The fourth-order valence-electron chi connectivity index (χ4n) is 1.96. The van der Waals surface area contributed by atoms with Crippen molar-refractivity contribution in [2.45, 2.75) is 33.9 Å². The van der Waals surface area contributed by atoms with Gasteiger partial charge in [-0.25, -0.2) is 4.39 Å². The second kappa shape index (κ2) is 6.72. The maximum absolute atomic E-state index is 13.3. The molecule has 0 atom stereocenters. The molecule has 0 unspecified atom stereocenters. The zero-order chi connectivity index (χ0) is 12.8. The highest BCUT2D eigenvalue weighted by Gasteiger charge is 2.08. The minimum Gasteiger partial charge on any atom is -0.326 e. The third-order valence-corrected chi connectivity index (χ3v) is 2.81. The van der Waals surface area contributed by atoms with Gasteiger partial charge < -0.3 is 5.73 Å². The average molecular weight is 238 g/mol. The fraction of sp³-hybridized carbons (Fsp3) is 0.571. The summed E-state index contributed by atoms with van der Waals surface area (Å²) >= 11 is 0. The third kappa shape index (κ3) is 4.44. The van der Waals surface area contributed by atoms with Gasteiger partial charge in [-0.15, -0.1) is 0 Å². The Bertz CT molecular complexity index is 350. The highest BCUT2D eigenvalue weighted by Crippen LogP contribution is 2.13. The number of halogens is 1. The fourth-order valence-corrected chi connectivity index (χ4v) is 1.96. The Hall–Kier alpha value is -0.930. The summed E-state index contributed by atoms with van der Waals surface area (Å²) in [5, 5.41) is 0. The molecule has 0 spiro atoms. The SMILES string of the molecule is CCN(Cc1ccc(F)c(CN)c1)CC(C)C. The molecule has 0 radical (unpaired) electrons. The van der Waals surface area contributed by atoms with Gasteiger partial charge in [0.1, 0.15) is 5.82 Å². The number of hydrogen-bond acceptors (Lipinski definition) is 2. The summed E-state index contributed by atoms with van der Waals surface area (Å²) in [6.07, 6.45) is 0. The van der Waals surface area contributed by atoms with Crippen LogP contribution < -0.4 is 5.73 Å². The summed E-state index contributed by atoms with van der Waals surface area (Å²) in [7, 11) is 0. The van der Waals surface area contributed by atoms with Gasteiger partial charge in [0.15, 0.2) is 0 Å². The van der Waals surface area contributed by atoms with Gasteiger partial charge in [0.05, 0.1) is 0 Å². The molecule has 0 aliphatic rings. The number of nitrogens with two attached hydrogens (primary N) is 1. The van der Waals surface area contributed by atoms with Crippen LogP contribution in [0.1, 0.15) is 31.9 Å². The van der Waals surface area contributed by atoms with Gasteiger partial charge in [-0.2, -0.15) is 0 Å². The number of hydrogen-bond donors (Lipinski definition) is 1. The number of rotatable bonds is 6. The molecule has 0 amide bonds. The summed E-state index contributed by atoms with van der Waals surface area (Å²) in [4.78, 5) is 2.36. The van der Waals surface area contributed by atoms with E-state index in [1.165, 1.54) is 6.07 Å². The summed E-state index contributed by atoms with van der Waals surface area (Å²) in [6.45, 7) is 9.75. The molecule has 2 nitrogen and oxygen atoms in total. The van der Waals surface area contributed by atoms with Crippen molar-refractivity contribution >= 4 is 0 Å². The van der Waals surface area contributed by atoms with Crippen LogP contribution in [0, 0.1) is 11.7 Å². The zero-order valence-corrected chi connectivity index (χ0v) is 11.0. The largest absolute Gasteiger partial charge is 0.326 e. The summed E-state index contributed by atoms with van der Waals surface area (Å²) in [5.41, 5.74) is 7.24. The molecule has 1 rings (SSSR count). The predicted molar refractivity (Wildman–Crippen MR) is 70.1 cm³/mol. The van der Waals surface area contributed by atoms with Gasteiger partial charge in [-0.3, -0.25) is 4.90 Å². The average Bonchev–Trinajstić information content (AvgIpc) is 2.30. The van der Waals surface area contributed by atoms with E-state index in [1.54, 1.807) is 0 Å². The zero-order valence-electron chi connectivity index (χ0n) is 11.0. The van der Waals surface area contributed by atoms with E-state index in [-0.39, 0.29) is 12.4 Å². The highest BCUT2D eigenvalue weighted by atomic mass is 19.1. The smallest absolute Gasteiger partial charge is 0.127 e. The Morgan fingerprint density at radius 1 is 1.35 bits per heavy atom. The van der Waals surface area contributed by atoms with Crippen LogP contribution in [0.15, 0.2) is 18.2 Å². The van der Waals surface area contributed by atoms with Crippen LogP contribution in [-0.2, 0) is 13.1 Å². The molecule has 0 aromatic heterocycles. The van der Waals surface area contributed by atoms with E-state index in [0.717, 1.165) is 25.2 Å². The first-order valence-corrected chi connectivity index (χ1v) is 6.26. The molecule has 3 heteroatoms. The monoisotopic (exact) mass is 238 g/mol. The minimum atomic E-state index is -0.205. The number of nitrogens with zero attached hydrogens (tertiary/aromatic N) is 1. The number of benzene rings is 1. The molecule has 0 fully saturated rings. The van der Waals surface area contributed by atoms with Crippen molar-refractivity contribution < 1.29 is 4.39 Å². The van der Waals surface area contributed by atoms with Crippen LogP contribution >= 0.6 is 0 Å². The normalized spacial score (nSPS) is 11.5. The Kier molecular flexibility index (Phi) is 5.59. The second-order valence-corrected chi connectivity index (χ2v) is 4.85. The van der Waals surface area contributed by atoms with E-state index in [4.69, 9.17) is 5.73 Å². The molecule has 0 bridgehead atoms. The lowest BCUT2D eigenvalue weighted by Crippen LogP contribution is -2.27. The van der Waals surface area contributed by atoms with Crippen LogP contribution in [0.5, 0.6) is 0 Å². The Balaban J connectivity index is 2.72. The third-order valence-electron chi connectivity index (χ3n) is 2.81.